The highest BCUT2D eigenvalue weighted by Gasteiger charge is 2.21. The molecule has 1 unspecified atom stereocenters. The van der Waals surface area contributed by atoms with Crippen LogP contribution in [-0.2, 0) is 11.3 Å². The third-order valence-electron chi connectivity index (χ3n) is 2.29. The highest BCUT2D eigenvalue weighted by molar-refractivity contribution is 6.31. The number of aromatic nitrogens is 5. The first-order valence-electron chi connectivity index (χ1n) is 4.97. The lowest BCUT2D eigenvalue weighted by Crippen LogP contribution is -2.14. The van der Waals surface area contributed by atoms with Gasteiger partial charge in [0.25, 0.3) is 0 Å². The number of hydrogen-bond donors (Lipinski definition) is 2. The molecular weight excluding hydrogens is 246 g/mol. The Labute approximate surface area is 102 Å². The van der Waals surface area contributed by atoms with Gasteiger partial charge in [0.05, 0.1) is 30.1 Å². The van der Waals surface area contributed by atoms with Gasteiger partial charge in [-0.05, 0) is 0 Å². The average molecular weight is 258 g/mol. The number of methoxy groups -OCH3 is 1. The summed E-state index contributed by atoms with van der Waals surface area (Å²) in [7, 11) is 1.59. The Balaban J connectivity index is 2.27. The minimum atomic E-state index is -0.982. The SMILES string of the molecule is COCCn1ncc(Cl)c1C(O)c1ncn[nH]1. The van der Waals surface area contributed by atoms with E-state index in [1.165, 1.54) is 12.5 Å². The molecule has 17 heavy (non-hydrogen) atoms. The van der Waals surface area contributed by atoms with E-state index in [9.17, 15) is 5.11 Å². The molecule has 92 valence electrons. The highest BCUT2D eigenvalue weighted by Crippen LogP contribution is 2.25. The molecule has 0 spiro atoms. The second-order valence-corrected chi connectivity index (χ2v) is 3.77. The zero-order valence-electron chi connectivity index (χ0n) is 9.17. The van der Waals surface area contributed by atoms with Crippen LogP contribution in [0.2, 0.25) is 5.02 Å². The first kappa shape index (κ1) is 12.0. The molecule has 8 heteroatoms. The standard InChI is InChI=1S/C9H12ClN5O2/c1-17-3-2-15-7(6(10)4-13-15)8(16)9-11-5-12-14-9/h4-5,8,16H,2-3H2,1H3,(H,11,12,14). The zero-order valence-corrected chi connectivity index (χ0v) is 9.92. The Kier molecular flexibility index (Phi) is 3.72. The number of ether oxygens (including phenoxy) is 1. The summed E-state index contributed by atoms with van der Waals surface area (Å²) in [5.74, 6) is 0.325. The molecule has 2 aromatic heterocycles. The van der Waals surface area contributed by atoms with Crippen molar-refractivity contribution in [2.24, 2.45) is 0 Å². The molecule has 0 aromatic carbocycles. The first-order valence-corrected chi connectivity index (χ1v) is 5.35. The fourth-order valence-electron chi connectivity index (χ4n) is 1.48. The minimum absolute atomic E-state index is 0.325. The van der Waals surface area contributed by atoms with Crippen LogP contribution in [0, 0.1) is 0 Å². The summed E-state index contributed by atoms with van der Waals surface area (Å²) < 4.78 is 6.54. The van der Waals surface area contributed by atoms with Crippen molar-refractivity contribution in [1.82, 2.24) is 25.0 Å². The number of halogens is 1. The van der Waals surface area contributed by atoms with Crippen molar-refractivity contribution in [1.29, 1.82) is 0 Å². The molecule has 0 bridgehead atoms. The molecule has 0 amide bonds. The molecule has 0 radical (unpaired) electrons. The van der Waals surface area contributed by atoms with Crippen LogP contribution in [0.5, 0.6) is 0 Å². The van der Waals surface area contributed by atoms with Gasteiger partial charge in [0.1, 0.15) is 6.33 Å². The molecule has 0 aliphatic carbocycles. The summed E-state index contributed by atoms with van der Waals surface area (Å²) in [5, 5.41) is 20.8. The van der Waals surface area contributed by atoms with Crippen LogP contribution in [0.4, 0.5) is 0 Å². The predicted octanol–water partition coefficient (Wildman–Crippen LogP) is 0.383. The van der Waals surface area contributed by atoms with Gasteiger partial charge >= 0.3 is 0 Å². The molecule has 2 aromatic rings. The summed E-state index contributed by atoms with van der Waals surface area (Å²) in [6.07, 6.45) is 1.82. The Morgan fingerprint density at radius 2 is 2.47 bits per heavy atom. The number of aliphatic hydroxyl groups is 1. The lowest BCUT2D eigenvalue weighted by molar-refractivity contribution is 0.168. The number of nitrogens with one attached hydrogen (secondary N) is 1. The molecule has 2 rings (SSSR count). The van der Waals surface area contributed by atoms with Gasteiger partial charge in [0.15, 0.2) is 11.9 Å². The molecule has 0 aliphatic rings. The first-order chi connectivity index (χ1) is 8.24. The van der Waals surface area contributed by atoms with Crippen LogP contribution >= 0.6 is 11.6 Å². The maximum atomic E-state index is 10.1. The van der Waals surface area contributed by atoms with E-state index in [4.69, 9.17) is 16.3 Å². The van der Waals surface area contributed by atoms with Crippen molar-refractivity contribution in [2.45, 2.75) is 12.6 Å². The lowest BCUT2D eigenvalue weighted by atomic mass is 10.2. The Morgan fingerprint density at radius 1 is 1.65 bits per heavy atom. The molecule has 7 nitrogen and oxygen atoms in total. The Morgan fingerprint density at radius 3 is 3.12 bits per heavy atom. The quantitative estimate of drug-likeness (QED) is 0.809. The monoisotopic (exact) mass is 257 g/mol. The van der Waals surface area contributed by atoms with E-state index in [0.717, 1.165) is 0 Å². The second-order valence-electron chi connectivity index (χ2n) is 3.37. The van der Waals surface area contributed by atoms with Crippen molar-refractivity contribution >= 4 is 11.6 Å². The summed E-state index contributed by atoms with van der Waals surface area (Å²) in [5.41, 5.74) is 0.473. The van der Waals surface area contributed by atoms with Gasteiger partial charge in [-0.25, -0.2) is 4.98 Å². The molecule has 0 saturated heterocycles. The number of nitrogens with zero attached hydrogens (tertiary/aromatic N) is 4. The number of rotatable bonds is 5. The maximum Gasteiger partial charge on any atom is 0.159 e. The fourth-order valence-corrected chi connectivity index (χ4v) is 1.72. The smallest absolute Gasteiger partial charge is 0.159 e. The van der Waals surface area contributed by atoms with Crippen LogP contribution in [0.1, 0.15) is 17.6 Å². The Hall–Kier alpha value is -1.44. The maximum absolute atomic E-state index is 10.1. The summed E-state index contributed by atoms with van der Waals surface area (Å²) in [6.45, 7) is 0.984. The largest absolute Gasteiger partial charge is 0.383 e. The molecular formula is C9H12ClN5O2. The van der Waals surface area contributed by atoms with E-state index in [0.29, 0.717) is 29.7 Å². The predicted molar refractivity (Wildman–Crippen MR) is 59.6 cm³/mol. The number of H-pyrrole nitrogens is 1. The van der Waals surface area contributed by atoms with Crippen molar-refractivity contribution in [3.63, 3.8) is 0 Å². The highest BCUT2D eigenvalue weighted by atomic mass is 35.5. The number of aliphatic hydroxyl groups excluding tert-OH is 1. The van der Waals surface area contributed by atoms with Crippen molar-refractivity contribution in [3.05, 3.63) is 29.1 Å². The summed E-state index contributed by atoms with van der Waals surface area (Å²) in [6, 6.07) is 0. The van der Waals surface area contributed by atoms with Crippen molar-refractivity contribution in [3.8, 4) is 0 Å². The summed E-state index contributed by atoms with van der Waals surface area (Å²) >= 11 is 5.99. The van der Waals surface area contributed by atoms with Crippen LogP contribution in [-0.4, -0.2) is 43.8 Å². The summed E-state index contributed by atoms with van der Waals surface area (Å²) in [4.78, 5) is 3.89. The topological polar surface area (TPSA) is 88.8 Å². The minimum Gasteiger partial charge on any atom is -0.383 e. The average Bonchev–Trinajstić information content (AvgIpc) is 2.95. The van der Waals surface area contributed by atoms with E-state index in [2.05, 4.69) is 20.3 Å². The molecule has 1 atom stereocenters. The van der Waals surface area contributed by atoms with Crippen LogP contribution < -0.4 is 0 Å². The van der Waals surface area contributed by atoms with Crippen LogP contribution in [0.15, 0.2) is 12.5 Å². The van der Waals surface area contributed by atoms with Crippen LogP contribution in [0.3, 0.4) is 0 Å². The van der Waals surface area contributed by atoms with Gasteiger partial charge in [-0.15, -0.1) is 0 Å². The van der Waals surface area contributed by atoms with Gasteiger partial charge in [-0.1, -0.05) is 11.6 Å². The van der Waals surface area contributed by atoms with Crippen LogP contribution in [0.25, 0.3) is 0 Å². The van der Waals surface area contributed by atoms with Gasteiger partial charge in [0.2, 0.25) is 0 Å². The molecule has 0 saturated carbocycles. The van der Waals surface area contributed by atoms with Crippen molar-refractivity contribution < 1.29 is 9.84 Å². The molecule has 2 heterocycles. The van der Waals surface area contributed by atoms with Gasteiger partial charge in [-0.3, -0.25) is 9.78 Å². The van der Waals surface area contributed by atoms with Gasteiger partial charge in [0, 0.05) is 7.11 Å². The van der Waals surface area contributed by atoms with E-state index < -0.39 is 6.10 Å². The fraction of sp³-hybridized carbons (Fsp3) is 0.444. The molecule has 2 N–H and O–H groups in total. The number of aromatic amines is 1. The van der Waals surface area contributed by atoms with Gasteiger partial charge < -0.3 is 9.84 Å². The van der Waals surface area contributed by atoms with E-state index >= 15 is 0 Å². The second kappa shape index (κ2) is 5.26. The number of hydrogen-bond acceptors (Lipinski definition) is 5. The van der Waals surface area contributed by atoms with E-state index in [-0.39, 0.29) is 0 Å². The normalized spacial score (nSPS) is 12.9. The molecule has 0 aliphatic heterocycles. The van der Waals surface area contributed by atoms with Gasteiger partial charge in [-0.2, -0.15) is 10.2 Å². The van der Waals surface area contributed by atoms with E-state index in [1.54, 1.807) is 11.8 Å². The van der Waals surface area contributed by atoms with Crippen molar-refractivity contribution in [2.75, 3.05) is 13.7 Å². The lowest BCUT2D eigenvalue weighted by Gasteiger charge is -2.11. The Bertz CT molecular complexity index is 470. The third kappa shape index (κ3) is 2.46. The molecule has 0 fully saturated rings. The van der Waals surface area contributed by atoms with E-state index in [1.807, 2.05) is 0 Å². The third-order valence-corrected chi connectivity index (χ3v) is 2.58. The zero-order chi connectivity index (χ0) is 12.3.